The van der Waals surface area contributed by atoms with Crippen LogP contribution in [-0.2, 0) is 28.6 Å². The first kappa shape index (κ1) is 78.4. The normalized spacial score (nSPS) is 12.3. The molecule has 474 valence electrons. The fourth-order valence-electron chi connectivity index (χ4n) is 11.0. The van der Waals surface area contributed by atoms with Gasteiger partial charge in [0, 0.05) is 19.3 Å². The Morgan fingerprint density at radius 3 is 0.753 bits per heavy atom. The van der Waals surface area contributed by atoms with E-state index in [-0.39, 0.29) is 31.1 Å². The molecule has 0 aliphatic carbocycles. The fourth-order valence-corrected chi connectivity index (χ4v) is 11.0. The van der Waals surface area contributed by atoms with E-state index in [1.807, 2.05) is 0 Å². The highest BCUT2D eigenvalue weighted by Crippen LogP contribution is 2.19. The summed E-state index contributed by atoms with van der Waals surface area (Å²) >= 11 is 0. The van der Waals surface area contributed by atoms with Crippen LogP contribution in [0.1, 0.15) is 393 Å². The van der Waals surface area contributed by atoms with Crippen LogP contribution in [-0.4, -0.2) is 37.2 Å². The Balaban J connectivity index is 4.19. The van der Waals surface area contributed by atoms with E-state index in [4.69, 9.17) is 14.2 Å². The molecule has 0 amide bonds. The van der Waals surface area contributed by atoms with Crippen molar-refractivity contribution in [3.63, 3.8) is 0 Å². The molecule has 1 unspecified atom stereocenters. The van der Waals surface area contributed by atoms with Gasteiger partial charge in [-0.15, -0.1) is 0 Å². The van der Waals surface area contributed by atoms with Crippen LogP contribution in [0, 0.1) is 0 Å². The zero-order valence-electron chi connectivity index (χ0n) is 54.6. The molecule has 0 fully saturated rings. The van der Waals surface area contributed by atoms with Gasteiger partial charge in [0.25, 0.3) is 0 Å². The predicted octanol–water partition coefficient (Wildman–Crippen LogP) is 24.9. The Morgan fingerprint density at radius 1 is 0.259 bits per heavy atom. The Bertz CT molecular complexity index is 1400. The molecule has 0 saturated heterocycles. The summed E-state index contributed by atoms with van der Waals surface area (Å²) in [5.74, 6) is -0.851. The summed E-state index contributed by atoms with van der Waals surface area (Å²) in [6.45, 7) is 6.59. The molecule has 0 saturated carbocycles. The highest BCUT2D eigenvalue weighted by atomic mass is 16.6. The smallest absolute Gasteiger partial charge is 0.306 e. The van der Waals surface area contributed by atoms with Crippen LogP contribution in [0.25, 0.3) is 0 Å². The zero-order valence-corrected chi connectivity index (χ0v) is 54.6. The van der Waals surface area contributed by atoms with Crippen molar-refractivity contribution in [3.8, 4) is 0 Å². The third-order valence-corrected chi connectivity index (χ3v) is 16.3. The highest BCUT2D eigenvalue weighted by molar-refractivity contribution is 5.71. The van der Waals surface area contributed by atoms with Crippen LogP contribution in [0.3, 0.4) is 0 Å². The van der Waals surface area contributed by atoms with Crippen LogP contribution in [0.5, 0.6) is 0 Å². The largest absolute Gasteiger partial charge is 0.462 e. The maximum atomic E-state index is 12.9. The third-order valence-electron chi connectivity index (χ3n) is 16.3. The van der Waals surface area contributed by atoms with Gasteiger partial charge >= 0.3 is 17.9 Å². The van der Waals surface area contributed by atoms with E-state index in [9.17, 15) is 14.4 Å². The van der Waals surface area contributed by atoms with E-state index < -0.39 is 6.10 Å². The molecule has 6 heteroatoms. The van der Waals surface area contributed by atoms with Crippen LogP contribution < -0.4 is 0 Å². The van der Waals surface area contributed by atoms with Gasteiger partial charge in [-0.3, -0.25) is 14.4 Å². The average Bonchev–Trinajstić information content (AvgIpc) is 3.46. The van der Waals surface area contributed by atoms with Crippen LogP contribution >= 0.6 is 0 Å². The van der Waals surface area contributed by atoms with Gasteiger partial charge in [-0.25, -0.2) is 0 Å². The highest BCUT2D eigenvalue weighted by Gasteiger charge is 2.19. The third kappa shape index (κ3) is 68.0. The molecule has 0 aromatic rings. The van der Waals surface area contributed by atoms with Crippen molar-refractivity contribution < 1.29 is 28.6 Å². The molecule has 81 heavy (non-hydrogen) atoms. The van der Waals surface area contributed by atoms with Crippen molar-refractivity contribution in [2.75, 3.05) is 13.2 Å². The predicted molar refractivity (Wildman–Crippen MR) is 353 cm³/mol. The van der Waals surface area contributed by atoms with Crippen molar-refractivity contribution >= 4 is 17.9 Å². The van der Waals surface area contributed by atoms with Crippen molar-refractivity contribution in [1.82, 2.24) is 0 Å². The Morgan fingerprint density at radius 2 is 0.481 bits per heavy atom. The number of carbonyl (C=O) groups excluding carboxylic acids is 3. The van der Waals surface area contributed by atoms with Crippen LogP contribution in [0.2, 0.25) is 0 Å². The summed E-state index contributed by atoms with van der Waals surface area (Å²) in [5.41, 5.74) is 0. The summed E-state index contributed by atoms with van der Waals surface area (Å²) in [6, 6.07) is 0. The minimum absolute atomic E-state index is 0.0710. The summed E-state index contributed by atoms with van der Waals surface area (Å²) in [7, 11) is 0. The minimum Gasteiger partial charge on any atom is -0.462 e. The molecule has 0 rings (SSSR count). The topological polar surface area (TPSA) is 78.9 Å². The lowest BCUT2D eigenvalue weighted by molar-refractivity contribution is -0.167. The number of ether oxygens (including phenoxy) is 3. The molecule has 0 spiro atoms. The minimum atomic E-state index is -0.776. The number of hydrogen-bond donors (Lipinski definition) is 0. The Labute approximate surface area is 505 Å². The van der Waals surface area contributed by atoms with Gasteiger partial charge in [0.2, 0.25) is 0 Å². The van der Waals surface area contributed by atoms with Gasteiger partial charge in [-0.05, 0) is 57.8 Å². The molecule has 0 aliphatic heterocycles. The lowest BCUT2D eigenvalue weighted by Gasteiger charge is -2.18. The molecule has 0 aromatic carbocycles. The summed E-state index contributed by atoms with van der Waals surface area (Å²) < 4.78 is 17.0. The monoisotopic (exact) mass is 1140 g/mol. The number of unbranched alkanes of at least 4 members (excludes halogenated alkanes) is 48. The molecule has 0 radical (unpaired) electrons. The van der Waals surface area contributed by atoms with Gasteiger partial charge < -0.3 is 14.2 Å². The second-order valence-electron chi connectivity index (χ2n) is 24.5. The van der Waals surface area contributed by atoms with Gasteiger partial charge in [0.05, 0.1) is 0 Å². The fraction of sp³-hybridized carbons (Fsp3) is 0.853. The molecule has 0 N–H and O–H groups in total. The number of esters is 3. The van der Waals surface area contributed by atoms with E-state index in [1.54, 1.807) is 0 Å². The quantitative estimate of drug-likeness (QED) is 0.0261. The first-order chi connectivity index (χ1) is 40.0. The number of carbonyl (C=O) groups is 3. The molecule has 0 aromatic heterocycles. The van der Waals surface area contributed by atoms with Gasteiger partial charge in [-0.2, -0.15) is 0 Å². The number of hydrogen-bond acceptors (Lipinski definition) is 6. The van der Waals surface area contributed by atoms with Crippen LogP contribution in [0.4, 0.5) is 0 Å². The molecular weight excluding hydrogens is 997 g/mol. The molecule has 0 heterocycles. The van der Waals surface area contributed by atoms with Gasteiger partial charge in [-0.1, -0.05) is 365 Å². The summed E-state index contributed by atoms with van der Waals surface area (Å²) in [6.07, 6.45) is 88.7. The second-order valence-corrected chi connectivity index (χ2v) is 24.5. The van der Waals surface area contributed by atoms with E-state index in [1.165, 1.54) is 263 Å². The lowest BCUT2D eigenvalue weighted by Crippen LogP contribution is -2.30. The van der Waals surface area contributed by atoms with E-state index in [0.29, 0.717) is 19.3 Å². The number of rotatable bonds is 67. The van der Waals surface area contributed by atoms with Gasteiger partial charge in [0.15, 0.2) is 6.10 Å². The first-order valence-electron chi connectivity index (χ1n) is 36.1. The molecular formula is C75H138O6. The summed E-state index contributed by atoms with van der Waals surface area (Å²) in [5, 5.41) is 0. The van der Waals surface area contributed by atoms with E-state index in [0.717, 1.165) is 89.9 Å². The maximum absolute atomic E-state index is 12.9. The number of allylic oxidation sites excluding steroid dienone is 8. The van der Waals surface area contributed by atoms with Gasteiger partial charge in [0.1, 0.15) is 13.2 Å². The van der Waals surface area contributed by atoms with Crippen molar-refractivity contribution in [3.05, 3.63) is 48.6 Å². The Hall–Kier alpha value is -2.63. The summed E-state index contributed by atoms with van der Waals surface area (Å²) in [4.78, 5) is 38.4. The lowest BCUT2D eigenvalue weighted by atomic mass is 10.0. The molecule has 0 bridgehead atoms. The standard InChI is InChI=1S/C75H138O6/c1-4-7-10-13-16-19-22-25-27-29-31-33-34-35-36-37-38-39-40-42-43-45-47-50-53-56-59-62-65-68-74(77)80-71-72(70-79-73(76)67-64-61-58-55-52-49-24-21-18-15-12-9-6-3)81-75(78)69-66-63-60-57-54-51-48-46-44-41-32-30-28-26-23-20-17-14-11-8-5-2/h8,11,17,20,26,28,32,41,72H,4-7,9-10,12-16,18-19,21-25,27,29-31,33-40,42-71H2,1-3H3/b11-8-,20-17-,28-26-,41-32-. The van der Waals surface area contributed by atoms with E-state index in [2.05, 4.69) is 69.4 Å². The van der Waals surface area contributed by atoms with Crippen molar-refractivity contribution in [1.29, 1.82) is 0 Å². The van der Waals surface area contributed by atoms with Crippen molar-refractivity contribution in [2.45, 2.75) is 399 Å². The average molecular weight is 1140 g/mol. The zero-order chi connectivity index (χ0) is 58.5. The first-order valence-corrected chi connectivity index (χ1v) is 36.1. The molecule has 0 aliphatic rings. The maximum Gasteiger partial charge on any atom is 0.306 e. The molecule has 6 nitrogen and oxygen atoms in total. The van der Waals surface area contributed by atoms with E-state index >= 15 is 0 Å². The second kappa shape index (κ2) is 69.9. The Kier molecular flexibility index (Phi) is 67.6. The SMILES string of the molecule is CC/C=C\C/C=C\C/C=C\C/C=C\CCCCCCCCCCC(=O)OC(COC(=O)CCCCCCCCCCCCCCC)COC(=O)CCCCCCCCCCCCCCCCCCCCCCCCCCCCCCC. The van der Waals surface area contributed by atoms with Crippen LogP contribution in [0.15, 0.2) is 48.6 Å². The van der Waals surface area contributed by atoms with Crippen molar-refractivity contribution in [2.24, 2.45) is 0 Å². The molecule has 1 atom stereocenters.